The van der Waals surface area contributed by atoms with E-state index in [-0.39, 0.29) is 0 Å². The molecule has 14 heavy (non-hydrogen) atoms. The molecule has 0 spiro atoms. The molecule has 0 N–H and O–H groups in total. The van der Waals surface area contributed by atoms with Crippen molar-refractivity contribution >= 4 is 11.6 Å². The summed E-state index contributed by atoms with van der Waals surface area (Å²) in [6.45, 7) is 2.05. The molecule has 0 bridgehead atoms. The number of nitrogens with zero attached hydrogens (tertiary/aromatic N) is 5. The van der Waals surface area contributed by atoms with Crippen LogP contribution in [-0.2, 0) is 13.5 Å². The summed E-state index contributed by atoms with van der Waals surface area (Å²) in [6.07, 6.45) is 4.33. The lowest BCUT2D eigenvalue weighted by molar-refractivity contribution is 0.746. The largest absolute Gasteiger partial charge is 0.273 e. The van der Waals surface area contributed by atoms with Crippen molar-refractivity contribution in [2.45, 2.75) is 13.3 Å². The molecular weight excluding hydrogens is 202 g/mol. The highest BCUT2D eigenvalue weighted by atomic mass is 35.5. The Morgan fingerprint density at radius 3 is 2.86 bits per heavy atom. The van der Waals surface area contributed by atoms with E-state index in [9.17, 15) is 0 Å². The smallest absolute Gasteiger partial charge is 0.229 e. The van der Waals surface area contributed by atoms with Gasteiger partial charge in [0.15, 0.2) is 0 Å². The lowest BCUT2D eigenvalue weighted by Crippen LogP contribution is -1.95. The van der Waals surface area contributed by atoms with Crippen molar-refractivity contribution in [3.8, 4) is 5.69 Å². The number of halogens is 1. The van der Waals surface area contributed by atoms with Crippen LogP contribution in [0.1, 0.15) is 12.6 Å². The molecule has 0 aliphatic carbocycles. The van der Waals surface area contributed by atoms with Gasteiger partial charge in [-0.25, -0.2) is 0 Å². The van der Waals surface area contributed by atoms with Crippen LogP contribution in [0.15, 0.2) is 12.5 Å². The average Bonchev–Trinajstić information content (AvgIpc) is 2.71. The molecule has 0 aliphatic rings. The van der Waals surface area contributed by atoms with E-state index in [4.69, 9.17) is 11.6 Å². The molecular formula is C8H10ClN5. The summed E-state index contributed by atoms with van der Waals surface area (Å²) in [5, 5.41) is 12.1. The normalized spacial score (nSPS) is 10.8. The molecule has 0 amide bonds. The maximum Gasteiger partial charge on any atom is 0.229 e. The van der Waals surface area contributed by atoms with Crippen molar-refractivity contribution in [1.29, 1.82) is 0 Å². The second-order valence-electron chi connectivity index (χ2n) is 2.96. The fraction of sp³-hybridized carbons (Fsp3) is 0.375. The molecule has 74 valence electrons. The monoisotopic (exact) mass is 211 g/mol. The van der Waals surface area contributed by atoms with Crippen LogP contribution in [0.5, 0.6) is 0 Å². The molecule has 0 saturated heterocycles. The second-order valence-corrected chi connectivity index (χ2v) is 3.30. The van der Waals surface area contributed by atoms with E-state index in [1.165, 1.54) is 0 Å². The number of hydrogen-bond donors (Lipinski definition) is 0. The van der Waals surface area contributed by atoms with Gasteiger partial charge in [-0.3, -0.25) is 9.25 Å². The van der Waals surface area contributed by atoms with Crippen molar-refractivity contribution < 1.29 is 0 Å². The third kappa shape index (κ3) is 1.39. The maximum absolute atomic E-state index is 5.86. The third-order valence-electron chi connectivity index (χ3n) is 1.98. The van der Waals surface area contributed by atoms with Gasteiger partial charge in [-0.15, -0.1) is 10.2 Å². The molecule has 0 atom stereocenters. The van der Waals surface area contributed by atoms with Gasteiger partial charge in [0, 0.05) is 13.2 Å². The van der Waals surface area contributed by atoms with Gasteiger partial charge in [-0.1, -0.05) is 6.92 Å². The molecule has 0 aliphatic heterocycles. The standard InChI is InChI=1S/C8H10ClN5/c1-3-6-7(4-13(2)12-6)14-5-10-11-8(14)9/h4-5H,3H2,1-2H3. The molecule has 2 aromatic heterocycles. The predicted octanol–water partition coefficient (Wildman–Crippen LogP) is 1.22. The molecule has 0 radical (unpaired) electrons. The first-order valence-electron chi connectivity index (χ1n) is 4.30. The van der Waals surface area contributed by atoms with Crippen molar-refractivity contribution in [1.82, 2.24) is 24.5 Å². The van der Waals surface area contributed by atoms with Gasteiger partial charge in [-0.05, 0) is 18.0 Å². The molecule has 2 heterocycles. The van der Waals surface area contributed by atoms with E-state index in [1.807, 2.05) is 20.2 Å². The highest BCUT2D eigenvalue weighted by molar-refractivity contribution is 6.28. The minimum atomic E-state index is 0.354. The molecule has 2 rings (SSSR count). The zero-order chi connectivity index (χ0) is 10.1. The molecule has 0 fully saturated rings. The zero-order valence-electron chi connectivity index (χ0n) is 7.98. The first kappa shape index (κ1) is 9.21. The van der Waals surface area contributed by atoms with E-state index < -0.39 is 0 Å². The van der Waals surface area contributed by atoms with Gasteiger partial charge in [0.05, 0.1) is 11.4 Å². The summed E-state index contributed by atoms with van der Waals surface area (Å²) in [5.41, 5.74) is 1.92. The summed E-state index contributed by atoms with van der Waals surface area (Å²) >= 11 is 5.86. The Kier molecular flexibility index (Phi) is 2.25. The average molecular weight is 212 g/mol. The highest BCUT2D eigenvalue weighted by Crippen LogP contribution is 2.16. The predicted molar refractivity (Wildman–Crippen MR) is 52.5 cm³/mol. The van der Waals surface area contributed by atoms with E-state index in [0.717, 1.165) is 17.8 Å². The molecule has 2 aromatic rings. The highest BCUT2D eigenvalue weighted by Gasteiger charge is 2.10. The fourth-order valence-electron chi connectivity index (χ4n) is 1.36. The quantitative estimate of drug-likeness (QED) is 0.751. The van der Waals surface area contributed by atoms with Crippen LogP contribution >= 0.6 is 11.6 Å². The Morgan fingerprint density at radius 1 is 1.50 bits per heavy atom. The molecule has 6 heteroatoms. The minimum Gasteiger partial charge on any atom is -0.273 e. The van der Waals surface area contributed by atoms with Crippen molar-refractivity contribution in [2.75, 3.05) is 0 Å². The van der Waals surface area contributed by atoms with Gasteiger partial charge in [0.2, 0.25) is 5.28 Å². The lowest BCUT2D eigenvalue weighted by atomic mass is 10.3. The summed E-state index contributed by atoms with van der Waals surface area (Å²) in [6, 6.07) is 0. The van der Waals surface area contributed by atoms with Gasteiger partial charge in [0.25, 0.3) is 0 Å². The Hall–Kier alpha value is -1.36. The number of hydrogen-bond acceptors (Lipinski definition) is 3. The number of rotatable bonds is 2. The van der Waals surface area contributed by atoms with Crippen molar-refractivity contribution in [2.24, 2.45) is 7.05 Å². The number of aromatic nitrogens is 5. The van der Waals surface area contributed by atoms with Crippen LogP contribution in [0, 0.1) is 0 Å². The fourth-order valence-corrected chi connectivity index (χ4v) is 1.54. The Balaban J connectivity index is 2.55. The Bertz CT molecular complexity index is 444. The topological polar surface area (TPSA) is 48.5 Å². The van der Waals surface area contributed by atoms with Crippen LogP contribution in [-0.4, -0.2) is 24.5 Å². The zero-order valence-corrected chi connectivity index (χ0v) is 8.73. The van der Waals surface area contributed by atoms with E-state index in [1.54, 1.807) is 15.6 Å². The lowest BCUT2D eigenvalue weighted by Gasteiger charge is -1.99. The summed E-state index contributed by atoms with van der Waals surface area (Å²) in [5.74, 6) is 0. The van der Waals surface area contributed by atoms with Crippen LogP contribution in [0.2, 0.25) is 5.28 Å². The van der Waals surface area contributed by atoms with E-state index >= 15 is 0 Å². The first-order valence-corrected chi connectivity index (χ1v) is 4.68. The summed E-state index contributed by atoms with van der Waals surface area (Å²) in [4.78, 5) is 0. The van der Waals surface area contributed by atoms with Crippen LogP contribution in [0.3, 0.4) is 0 Å². The van der Waals surface area contributed by atoms with Gasteiger partial charge in [0.1, 0.15) is 6.33 Å². The summed E-state index contributed by atoms with van der Waals surface area (Å²) in [7, 11) is 1.88. The van der Waals surface area contributed by atoms with Crippen LogP contribution < -0.4 is 0 Å². The van der Waals surface area contributed by atoms with Crippen LogP contribution in [0.4, 0.5) is 0 Å². The first-order chi connectivity index (χ1) is 6.72. The van der Waals surface area contributed by atoms with Crippen molar-refractivity contribution in [3.63, 3.8) is 0 Å². The molecule has 0 unspecified atom stereocenters. The van der Waals surface area contributed by atoms with E-state index in [0.29, 0.717) is 5.28 Å². The SMILES string of the molecule is CCc1nn(C)cc1-n1cnnc1Cl. The van der Waals surface area contributed by atoms with Crippen molar-refractivity contribution in [3.05, 3.63) is 23.5 Å². The summed E-state index contributed by atoms with van der Waals surface area (Å²) < 4.78 is 3.47. The van der Waals surface area contributed by atoms with Crippen LogP contribution in [0.25, 0.3) is 5.69 Å². The van der Waals surface area contributed by atoms with Gasteiger partial charge in [-0.2, -0.15) is 5.10 Å². The maximum atomic E-state index is 5.86. The molecule has 5 nitrogen and oxygen atoms in total. The second kappa shape index (κ2) is 3.42. The molecule has 0 aromatic carbocycles. The van der Waals surface area contributed by atoms with Gasteiger partial charge >= 0.3 is 0 Å². The Labute approximate surface area is 86.3 Å². The Morgan fingerprint density at radius 2 is 2.29 bits per heavy atom. The van der Waals surface area contributed by atoms with Gasteiger partial charge < -0.3 is 0 Å². The third-order valence-corrected chi connectivity index (χ3v) is 2.24. The van der Waals surface area contributed by atoms with E-state index in [2.05, 4.69) is 15.3 Å². The number of aryl methyl sites for hydroxylation is 2. The molecule has 0 saturated carbocycles. The minimum absolute atomic E-state index is 0.354.